The number of aryl methyl sites for hydroxylation is 1. The van der Waals surface area contributed by atoms with Crippen molar-refractivity contribution in [1.29, 1.82) is 0 Å². The molecule has 0 spiro atoms. The van der Waals surface area contributed by atoms with Gasteiger partial charge in [-0.2, -0.15) is 0 Å². The van der Waals surface area contributed by atoms with E-state index < -0.39 is 0 Å². The quantitative estimate of drug-likeness (QED) is 0.892. The van der Waals surface area contributed by atoms with E-state index in [1.54, 1.807) is 0 Å². The summed E-state index contributed by atoms with van der Waals surface area (Å²) in [6, 6.07) is 8.67. The minimum atomic E-state index is 0.142. The number of carbonyl (C=O) groups excluding carboxylic acids is 1. The Morgan fingerprint density at radius 2 is 2.27 bits per heavy atom. The summed E-state index contributed by atoms with van der Waals surface area (Å²) < 4.78 is 0. The van der Waals surface area contributed by atoms with E-state index in [1.807, 2.05) is 0 Å². The smallest absolute Gasteiger partial charge is 0.234 e. The molecule has 1 aliphatic carbocycles. The number of likely N-dealkylation sites (tertiary alicyclic amines) is 1. The van der Waals surface area contributed by atoms with E-state index in [0.717, 1.165) is 38.8 Å². The number of nitrogens with zero attached hydrogens (tertiary/aromatic N) is 1. The van der Waals surface area contributed by atoms with E-state index >= 15 is 0 Å². The minimum absolute atomic E-state index is 0.142. The lowest BCUT2D eigenvalue weighted by atomic mass is 9.88. The molecule has 1 aromatic carbocycles. The van der Waals surface area contributed by atoms with Gasteiger partial charge in [-0.05, 0) is 55.3 Å². The number of nitrogens with two attached hydrogens (primary N) is 1. The summed E-state index contributed by atoms with van der Waals surface area (Å²) in [5.74, 6) is 0.142. The molecule has 0 saturated carbocycles. The minimum Gasteiger partial charge on any atom is -0.348 e. The van der Waals surface area contributed by atoms with Crippen LogP contribution >= 0.6 is 0 Å². The lowest BCUT2D eigenvalue weighted by molar-refractivity contribution is -0.122. The Bertz CT molecular complexity index is 545. The van der Waals surface area contributed by atoms with Gasteiger partial charge in [0.1, 0.15) is 0 Å². The van der Waals surface area contributed by atoms with Gasteiger partial charge in [-0.3, -0.25) is 9.69 Å². The molecular weight excluding hydrogens is 274 g/mol. The molecule has 2 atom stereocenters. The second kappa shape index (κ2) is 6.39. The van der Waals surface area contributed by atoms with Crippen LogP contribution in [-0.4, -0.2) is 37.0 Å². The predicted octanol–water partition coefficient (Wildman–Crippen LogP) is 1.85. The Hall–Kier alpha value is -1.39. The zero-order chi connectivity index (χ0) is 15.6. The molecule has 120 valence electrons. The highest BCUT2D eigenvalue weighted by Gasteiger charge is 2.33. The van der Waals surface area contributed by atoms with Crippen molar-refractivity contribution < 1.29 is 4.79 Å². The first-order chi connectivity index (χ1) is 10.6. The second-order valence-corrected chi connectivity index (χ2v) is 7.19. The van der Waals surface area contributed by atoms with Crippen molar-refractivity contribution in [3.63, 3.8) is 0 Å². The molecule has 1 amide bonds. The van der Waals surface area contributed by atoms with Gasteiger partial charge in [0.15, 0.2) is 0 Å². The molecule has 4 heteroatoms. The Morgan fingerprint density at radius 1 is 1.45 bits per heavy atom. The van der Waals surface area contributed by atoms with E-state index in [0.29, 0.717) is 13.1 Å². The molecule has 2 unspecified atom stereocenters. The van der Waals surface area contributed by atoms with Crippen LogP contribution in [0.1, 0.15) is 43.4 Å². The zero-order valence-electron chi connectivity index (χ0n) is 13.5. The number of hydrogen-bond donors (Lipinski definition) is 2. The van der Waals surface area contributed by atoms with Gasteiger partial charge in [0.25, 0.3) is 0 Å². The third-order valence-corrected chi connectivity index (χ3v) is 5.20. The Labute approximate surface area is 133 Å². The number of fused-ring (bicyclic) bond motifs is 1. The molecular formula is C18H27N3O. The van der Waals surface area contributed by atoms with Crippen LogP contribution in [0.3, 0.4) is 0 Å². The summed E-state index contributed by atoms with van der Waals surface area (Å²) in [5, 5.41) is 3.24. The number of amides is 1. The number of rotatable bonds is 4. The van der Waals surface area contributed by atoms with Crippen molar-refractivity contribution in [1.82, 2.24) is 10.2 Å². The third-order valence-electron chi connectivity index (χ3n) is 5.20. The maximum Gasteiger partial charge on any atom is 0.234 e. The molecule has 1 fully saturated rings. The average molecular weight is 301 g/mol. The van der Waals surface area contributed by atoms with E-state index in [9.17, 15) is 4.79 Å². The molecule has 3 rings (SSSR count). The summed E-state index contributed by atoms with van der Waals surface area (Å²) in [4.78, 5) is 14.6. The molecule has 2 aliphatic rings. The topological polar surface area (TPSA) is 58.4 Å². The van der Waals surface area contributed by atoms with Crippen molar-refractivity contribution >= 4 is 5.91 Å². The van der Waals surface area contributed by atoms with Gasteiger partial charge >= 0.3 is 0 Å². The summed E-state index contributed by atoms with van der Waals surface area (Å²) in [6.45, 7) is 5.30. The van der Waals surface area contributed by atoms with Crippen LogP contribution in [0.15, 0.2) is 24.3 Å². The van der Waals surface area contributed by atoms with Crippen LogP contribution in [0, 0.1) is 5.41 Å². The number of nitrogens with one attached hydrogen (secondary N) is 1. The Kier molecular flexibility index (Phi) is 4.50. The van der Waals surface area contributed by atoms with Crippen molar-refractivity contribution in [2.75, 3.05) is 26.2 Å². The molecule has 1 aliphatic heterocycles. The number of carbonyl (C=O) groups is 1. The van der Waals surface area contributed by atoms with Gasteiger partial charge in [0.2, 0.25) is 5.91 Å². The fraction of sp³-hybridized carbons (Fsp3) is 0.611. The standard InChI is InChI=1S/C18H27N3O/c1-18(12-19)9-10-21(13-18)11-17(22)20-16-8-4-6-14-5-2-3-7-15(14)16/h2-3,5,7,16H,4,6,8-13,19H2,1H3,(H,20,22). The molecule has 3 N–H and O–H groups in total. The van der Waals surface area contributed by atoms with Crippen LogP contribution in [0.5, 0.6) is 0 Å². The first-order valence-electron chi connectivity index (χ1n) is 8.39. The van der Waals surface area contributed by atoms with E-state index in [2.05, 4.69) is 41.4 Å². The summed E-state index contributed by atoms with van der Waals surface area (Å²) in [5.41, 5.74) is 8.70. The third kappa shape index (κ3) is 3.33. The number of benzene rings is 1. The van der Waals surface area contributed by atoms with Gasteiger partial charge in [-0.1, -0.05) is 31.2 Å². The predicted molar refractivity (Wildman–Crippen MR) is 88.5 cm³/mol. The maximum atomic E-state index is 12.4. The Morgan fingerprint density at radius 3 is 3.05 bits per heavy atom. The monoisotopic (exact) mass is 301 g/mol. The van der Waals surface area contributed by atoms with Gasteiger partial charge < -0.3 is 11.1 Å². The molecule has 0 aromatic heterocycles. The van der Waals surface area contributed by atoms with Crippen molar-refractivity contribution in [3.05, 3.63) is 35.4 Å². The molecule has 4 nitrogen and oxygen atoms in total. The van der Waals surface area contributed by atoms with Gasteiger partial charge in [0, 0.05) is 6.54 Å². The van der Waals surface area contributed by atoms with Crippen molar-refractivity contribution in [2.24, 2.45) is 11.1 Å². The summed E-state index contributed by atoms with van der Waals surface area (Å²) in [7, 11) is 0. The molecule has 22 heavy (non-hydrogen) atoms. The SMILES string of the molecule is CC1(CN)CCN(CC(=O)NC2CCCc3ccccc32)C1. The normalized spacial score (nSPS) is 28.4. The van der Waals surface area contributed by atoms with Crippen LogP contribution < -0.4 is 11.1 Å². The summed E-state index contributed by atoms with van der Waals surface area (Å²) >= 11 is 0. The lowest BCUT2D eigenvalue weighted by Crippen LogP contribution is -2.40. The van der Waals surface area contributed by atoms with E-state index in [-0.39, 0.29) is 17.4 Å². The highest BCUT2D eigenvalue weighted by molar-refractivity contribution is 5.78. The van der Waals surface area contributed by atoms with Crippen LogP contribution in [0.2, 0.25) is 0 Å². The van der Waals surface area contributed by atoms with Crippen LogP contribution in [0.25, 0.3) is 0 Å². The van der Waals surface area contributed by atoms with Gasteiger partial charge in [-0.15, -0.1) is 0 Å². The Balaban J connectivity index is 1.57. The molecule has 0 bridgehead atoms. The maximum absolute atomic E-state index is 12.4. The first-order valence-corrected chi connectivity index (χ1v) is 8.39. The summed E-state index contributed by atoms with van der Waals surface area (Å²) in [6.07, 6.45) is 4.41. The van der Waals surface area contributed by atoms with Crippen molar-refractivity contribution in [3.8, 4) is 0 Å². The second-order valence-electron chi connectivity index (χ2n) is 7.19. The first kappa shape index (κ1) is 15.5. The zero-order valence-corrected chi connectivity index (χ0v) is 13.5. The van der Waals surface area contributed by atoms with E-state index in [1.165, 1.54) is 11.1 Å². The molecule has 0 radical (unpaired) electrons. The molecule has 1 aromatic rings. The molecule has 1 saturated heterocycles. The van der Waals surface area contributed by atoms with Crippen LogP contribution in [0.4, 0.5) is 0 Å². The average Bonchev–Trinajstić information content (AvgIpc) is 2.89. The van der Waals surface area contributed by atoms with Crippen LogP contribution in [-0.2, 0) is 11.2 Å². The largest absolute Gasteiger partial charge is 0.348 e. The fourth-order valence-corrected chi connectivity index (χ4v) is 3.77. The highest BCUT2D eigenvalue weighted by atomic mass is 16.2. The van der Waals surface area contributed by atoms with Gasteiger partial charge in [-0.25, -0.2) is 0 Å². The van der Waals surface area contributed by atoms with E-state index in [4.69, 9.17) is 5.73 Å². The molecule has 1 heterocycles. The van der Waals surface area contributed by atoms with Gasteiger partial charge in [0.05, 0.1) is 12.6 Å². The lowest BCUT2D eigenvalue weighted by Gasteiger charge is -2.27. The fourth-order valence-electron chi connectivity index (χ4n) is 3.77. The van der Waals surface area contributed by atoms with Crippen molar-refractivity contribution in [2.45, 2.75) is 38.6 Å². The highest BCUT2D eigenvalue weighted by Crippen LogP contribution is 2.30. The number of hydrogen-bond acceptors (Lipinski definition) is 3.